The van der Waals surface area contributed by atoms with Gasteiger partial charge in [0.2, 0.25) is 11.8 Å². The van der Waals surface area contributed by atoms with Crippen molar-refractivity contribution in [3.63, 3.8) is 0 Å². The maximum absolute atomic E-state index is 14.6. The first-order valence-electron chi connectivity index (χ1n) is 10.0. The van der Waals surface area contributed by atoms with Gasteiger partial charge in [-0.2, -0.15) is 14.3 Å². The molecule has 33 heavy (non-hydrogen) atoms. The minimum Gasteiger partial charge on any atom is -0.486 e. The fraction of sp³-hybridized carbons (Fsp3) is 0.217. The summed E-state index contributed by atoms with van der Waals surface area (Å²) in [4.78, 5) is 16.6. The number of aromatic nitrogens is 5. The quantitative estimate of drug-likeness (QED) is 0.426. The molecule has 0 aliphatic carbocycles. The number of aryl methyl sites for hydroxylation is 2. The third-order valence-corrected chi connectivity index (χ3v) is 5.19. The van der Waals surface area contributed by atoms with E-state index in [0.29, 0.717) is 34.1 Å². The van der Waals surface area contributed by atoms with Gasteiger partial charge < -0.3 is 14.2 Å². The van der Waals surface area contributed by atoms with Crippen LogP contribution in [0.2, 0.25) is 0 Å². The van der Waals surface area contributed by atoms with E-state index in [1.807, 2.05) is 13.0 Å². The Labute approximate surface area is 189 Å². The number of tetrazole rings is 1. The predicted octanol–water partition coefficient (Wildman–Crippen LogP) is 3.07. The van der Waals surface area contributed by atoms with E-state index < -0.39 is 11.5 Å². The van der Waals surface area contributed by atoms with Crippen LogP contribution in [-0.4, -0.2) is 39.0 Å². The molecule has 0 N–H and O–H groups in total. The molecular weight excluding hydrogens is 429 g/mol. The zero-order chi connectivity index (χ0) is 23.5. The molecule has 2 aromatic carbocycles. The first-order valence-corrected chi connectivity index (χ1v) is 10.0. The minimum absolute atomic E-state index is 0.0173. The first-order chi connectivity index (χ1) is 15.9. The summed E-state index contributed by atoms with van der Waals surface area (Å²) < 4.78 is 33.3. The lowest BCUT2D eigenvalue weighted by molar-refractivity contribution is 0.289. The molecule has 0 spiro atoms. The highest BCUT2D eigenvalue weighted by atomic mass is 19.1. The van der Waals surface area contributed by atoms with E-state index in [0.717, 1.165) is 10.2 Å². The van der Waals surface area contributed by atoms with Gasteiger partial charge in [-0.3, -0.25) is 0 Å². The summed E-state index contributed by atoms with van der Waals surface area (Å²) in [6.45, 7) is 1.90. The van der Waals surface area contributed by atoms with Crippen molar-refractivity contribution >= 4 is 0 Å². The zero-order valence-electron chi connectivity index (χ0n) is 18.6. The SMILES string of the molecule is COc1ccc(-c2ccc(F)c(OCc3c(C)cccc3-n3nnn(C)c3=O)c2)c(OC)n1. The van der Waals surface area contributed by atoms with Crippen LogP contribution >= 0.6 is 0 Å². The summed E-state index contributed by atoms with van der Waals surface area (Å²) in [6.07, 6.45) is 0. The molecular formula is C23H22FN5O4. The van der Waals surface area contributed by atoms with Gasteiger partial charge >= 0.3 is 5.69 Å². The van der Waals surface area contributed by atoms with Gasteiger partial charge in [-0.1, -0.05) is 18.2 Å². The van der Waals surface area contributed by atoms with Gasteiger partial charge in [-0.25, -0.2) is 9.18 Å². The third-order valence-electron chi connectivity index (χ3n) is 5.19. The zero-order valence-corrected chi connectivity index (χ0v) is 18.6. The third kappa shape index (κ3) is 4.27. The highest BCUT2D eigenvalue weighted by Crippen LogP contribution is 2.33. The average molecular weight is 451 g/mol. The number of ether oxygens (including phenoxy) is 3. The molecule has 2 aromatic heterocycles. The Kier molecular flexibility index (Phi) is 6.07. The summed E-state index contributed by atoms with van der Waals surface area (Å²) >= 11 is 0. The van der Waals surface area contributed by atoms with Crippen molar-refractivity contribution < 1.29 is 18.6 Å². The molecule has 0 unspecified atom stereocenters. The van der Waals surface area contributed by atoms with Crippen LogP contribution in [0.1, 0.15) is 11.1 Å². The minimum atomic E-state index is -0.522. The molecule has 0 bridgehead atoms. The lowest BCUT2D eigenvalue weighted by atomic mass is 10.1. The number of halogens is 1. The maximum Gasteiger partial charge on any atom is 0.368 e. The molecule has 0 aliphatic heterocycles. The number of hydrogen-bond donors (Lipinski definition) is 0. The predicted molar refractivity (Wildman–Crippen MR) is 118 cm³/mol. The van der Waals surface area contributed by atoms with Crippen LogP contribution in [0.25, 0.3) is 16.8 Å². The van der Waals surface area contributed by atoms with Crippen molar-refractivity contribution in [2.45, 2.75) is 13.5 Å². The Morgan fingerprint density at radius 2 is 1.85 bits per heavy atom. The van der Waals surface area contributed by atoms with Crippen LogP contribution in [-0.2, 0) is 13.7 Å². The monoisotopic (exact) mass is 451 g/mol. The lowest BCUT2D eigenvalue weighted by Gasteiger charge is -2.15. The molecule has 0 saturated carbocycles. The van der Waals surface area contributed by atoms with Gasteiger partial charge in [0.15, 0.2) is 11.6 Å². The number of benzene rings is 2. The smallest absolute Gasteiger partial charge is 0.368 e. The summed E-state index contributed by atoms with van der Waals surface area (Å²) in [5, 5.41) is 7.66. The van der Waals surface area contributed by atoms with Crippen LogP contribution in [0.3, 0.4) is 0 Å². The molecule has 0 fully saturated rings. The van der Waals surface area contributed by atoms with Gasteiger partial charge in [0.25, 0.3) is 0 Å². The van der Waals surface area contributed by atoms with Crippen molar-refractivity contribution in [1.29, 1.82) is 0 Å². The Bertz CT molecular complexity index is 1370. The van der Waals surface area contributed by atoms with Crippen LogP contribution < -0.4 is 19.9 Å². The second-order valence-corrected chi connectivity index (χ2v) is 7.21. The van der Waals surface area contributed by atoms with Gasteiger partial charge in [-0.05, 0) is 52.7 Å². The molecule has 0 atom stereocenters. The van der Waals surface area contributed by atoms with Crippen molar-refractivity contribution in [2.24, 2.45) is 7.05 Å². The Morgan fingerprint density at radius 1 is 1.03 bits per heavy atom. The Balaban J connectivity index is 1.67. The van der Waals surface area contributed by atoms with Gasteiger partial charge in [0.05, 0.1) is 19.9 Å². The molecule has 2 heterocycles. The summed E-state index contributed by atoms with van der Waals surface area (Å²) in [5.74, 6) is 0.271. The van der Waals surface area contributed by atoms with Crippen molar-refractivity contribution in [3.05, 3.63) is 76.0 Å². The Hall–Kier alpha value is -4.21. The number of methoxy groups -OCH3 is 2. The number of nitrogens with zero attached hydrogens (tertiary/aromatic N) is 5. The van der Waals surface area contributed by atoms with E-state index in [-0.39, 0.29) is 12.4 Å². The summed E-state index contributed by atoms with van der Waals surface area (Å²) in [5.41, 5.74) is 3.00. The molecule has 9 nitrogen and oxygen atoms in total. The normalized spacial score (nSPS) is 10.8. The van der Waals surface area contributed by atoms with Gasteiger partial charge in [0.1, 0.15) is 6.61 Å². The molecule has 0 amide bonds. The van der Waals surface area contributed by atoms with Crippen LogP contribution in [0.15, 0.2) is 53.3 Å². The average Bonchev–Trinajstić information content (AvgIpc) is 3.16. The molecule has 4 aromatic rings. The van der Waals surface area contributed by atoms with Gasteiger partial charge in [-0.15, -0.1) is 0 Å². The van der Waals surface area contributed by atoms with Crippen LogP contribution in [0.5, 0.6) is 17.5 Å². The van der Waals surface area contributed by atoms with E-state index in [9.17, 15) is 9.18 Å². The first kappa shape index (κ1) is 22.0. The van der Waals surface area contributed by atoms with E-state index in [1.165, 1.54) is 32.0 Å². The van der Waals surface area contributed by atoms with E-state index in [2.05, 4.69) is 15.4 Å². The second-order valence-electron chi connectivity index (χ2n) is 7.21. The molecule has 170 valence electrons. The fourth-order valence-electron chi connectivity index (χ4n) is 3.38. The molecule has 0 saturated heterocycles. The van der Waals surface area contributed by atoms with Crippen LogP contribution in [0, 0.1) is 12.7 Å². The summed E-state index contributed by atoms with van der Waals surface area (Å²) in [6, 6.07) is 13.4. The van der Waals surface area contributed by atoms with Crippen molar-refractivity contribution in [1.82, 2.24) is 24.8 Å². The Morgan fingerprint density at radius 3 is 2.55 bits per heavy atom. The largest absolute Gasteiger partial charge is 0.486 e. The van der Waals surface area contributed by atoms with Crippen LogP contribution in [0.4, 0.5) is 4.39 Å². The van der Waals surface area contributed by atoms with Crippen molar-refractivity contribution in [2.75, 3.05) is 14.2 Å². The number of pyridine rings is 1. The van der Waals surface area contributed by atoms with Crippen molar-refractivity contribution in [3.8, 4) is 34.3 Å². The number of hydrogen-bond acceptors (Lipinski definition) is 7. The van der Waals surface area contributed by atoms with E-state index in [4.69, 9.17) is 14.2 Å². The maximum atomic E-state index is 14.6. The highest BCUT2D eigenvalue weighted by molar-refractivity contribution is 5.70. The topological polar surface area (TPSA) is 93.3 Å². The highest BCUT2D eigenvalue weighted by Gasteiger charge is 2.16. The molecule has 0 radical (unpaired) electrons. The molecule has 0 aliphatic rings. The lowest BCUT2D eigenvalue weighted by Crippen LogP contribution is -2.23. The molecule has 4 rings (SSSR count). The van der Waals surface area contributed by atoms with E-state index in [1.54, 1.807) is 36.4 Å². The number of rotatable bonds is 7. The molecule has 10 heteroatoms. The summed E-state index contributed by atoms with van der Waals surface area (Å²) in [7, 11) is 4.53. The van der Waals surface area contributed by atoms with E-state index >= 15 is 0 Å². The standard InChI is InChI=1S/C23H22FN5O4/c1-14-6-5-7-19(29-23(30)28(2)26-27-29)17(14)13-33-20-12-15(8-10-18(20)24)16-9-11-21(31-3)25-22(16)32-4/h5-12H,13H2,1-4H3. The fourth-order valence-corrected chi connectivity index (χ4v) is 3.38. The second kappa shape index (κ2) is 9.11. The van der Waals surface area contributed by atoms with Gasteiger partial charge in [0, 0.05) is 24.2 Å².